The fourth-order valence-electron chi connectivity index (χ4n) is 0.901. The summed E-state index contributed by atoms with van der Waals surface area (Å²) in [5.41, 5.74) is 0.335. The Balaban J connectivity index is 2.66. The summed E-state index contributed by atoms with van der Waals surface area (Å²) in [6.45, 7) is 0.485. The maximum atomic E-state index is 12.7. The van der Waals surface area contributed by atoms with E-state index in [2.05, 4.69) is 17.9 Å². The number of hydrogen-bond acceptors (Lipinski definition) is 2. The molecule has 1 rings (SSSR count). The highest BCUT2D eigenvalue weighted by atomic mass is 32.1. The predicted octanol–water partition coefficient (Wildman–Crippen LogP) is 1.49. The summed E-state index contributed by atoms with van der Waals surface area (Å²) in [6.07, 6.45) is 0. The SMILES string of the molecule is O=C(NCCS)c1cccc(F)c1. The smallest absolute Gasteiger partial charge is 0.251 e. The van der Waals surface area contributed by atoms with Crippen LogP contribution in [0.15, 0.2) is 24.3 Å². The summed E-state index contributed by atoms with van der Waals surface area (Å²) in [6, 6.07) is 5.57. The van der Waals surface area contributed by atoms with Crippen molar-refractivity contribution in [3.8, 4) is 0 Å². The fourth-order valence-corrected chi connectivity index (χ4v) is 1.01. The zero-order valence-electron chi connectivity index (χ0n) is 6.96. The number of rotatable bonds is 3. The van der Waals surface area contributed by atoms with Crippen LogP contribution in [0.3, 0.4) is 0 Å². The summed E-state index contributed by atoms with van der Waals surface area (Å²) in [5.74, 6) is -0.104. The number of carbonyl (C=O) groups is 1. The van der Waals surface area contributed by atoms with Gasteiger partial charge in [-0.05, 0) is 18.2 Å². The monoisotopic (exact) mass is 199 g/mol. The van der Waals surface area contributed by atoms with Crippen LogP contribution in [0.4, 0.5) is 4.39 Å². The summed E-state index contributed by atoms with van der Waals surface area (Å²) >= 11 is 3.94. The molecule has 0 aliphatic rings. The second-order valence-corrected chi connectivity index (χ2v) is 2.94. The van der Waals surface area contributed by atoms with Gasteiger partial charge in [-0.1, -0.05) is 6.07 Å². The molecule has 0 saturated heterocycles. The number of thiol groups is 1. The lowest BCUT2D eigenvalue weighted by molar-refractivity contribution is 0.0956. The van der Waals surface area contributed by atoms with E-state index in [1.54, 1.807) is 6.07 Å². The van der Waals surface area contributed by atoms with E-state index in [0.717, 1.165) is 0 Å². The Bertz CT molecular complexity index is 303. The molecule has 1 aromatic rings. The molecule has 0 fully saturated rings. The molecule has 1 N–H and O–H groups in total. The van der Waals surface area contributed by atoms with Gasteiger partial charge in [-0.3, -0.25) is 4.79 Å². The van der Waals surface area contributed by atoms with Crippen LogP contribution >= 0.6 is 12.6 Å². The lowest BCUT2D eigenvalue weighted by atomic mass is 10.2. The zero-order chi connectivity index (χ0) is 9.68. The summed E-state index contributed by atoms with van der Waals surface area (Å²) < 4.78 is 12.7. The molecule has 0 bridgehead atoms. The van der Waals surface area contributed by atoms with Crippen molar-refractivity contribution in [1.29, 1.82) is 0 Å². The molecule has 1 amide bonds. The molecular formula is C9H10FNOS. The topological polar surface area (TPSA) is 29.1 Å². The minimum absolute atomic E-state index is 0.270. The third-order valence-corrected chi connectivity index (χ3v) is 1.71. The Hall–Kier alpha value is -1.03. The maximum absolute atomic E-state index is 12.7. The van der Waals surface area contributed by atoms with Crippen molar-refractivity contribution in [3.05, 3.63) is 35.6 Å². The molecule has 13 heavy (non-hydrogen) atoms. The molecule has 0 spiro atoms. The van der Waals surface area contributed by atoms with E-state index in [4.69, 9.17) is 0 Å². The summed E-state index contributed by atoms with van der Waals surface area (Å²) in [4.78, 5) is 11.2. The first-order chi connectivity index (χ1) is 6.24. The second kappa shape index (κ2) is 4.87. The van der Waals surface area contributed by atoms with Crippen LogP contribution in [0.5, 0.6) is 0 Å². The Morgan fingerprint density at radius 2 is 2.31 bits per heavy atom. The van der Waals surface area contributed by atoms with Crippen LogP contribution in [0, 0.1) is 5.82 Å². The van der Waals surface area contributed by atoms with E-state index < -0.39 is 5.82 Å². The summed E-state index contributed by atoms with van der Waals surface area (Å²) in [5, 5.41) is 2.59. The van der Waals surface area contributed by atoms with Crippen molar-refractivity contribution < 1.29 is 9.18 Å². The van der Waals surface area contributed by atoms with Gasteiger partial charge in [0.2, 0.25) is 0 Å². The van der Waals surface area contributed by atoms with E-state index in [9.17, 15) is 9.18 Å². The molecule has 0 saturated carbocycles. The van der Waals surface area contributed by atoms with Gasteiger partial charge in [0, 0.05) is 17.9 Å². The number of nitrogens with one attached hydrogen (secondary N) is 1. The van der Waals surface area contributed by atoms with Crippen LogP contribution < -0.4 is 5.32 Å². The number of hydrogen-bond donors (Lipinski definition) is 2. The first-order valence-corrected chi connectivity index (χ1v) is 4.52. The first kappa shape index (κ1) is 10.1. The maximum Gasteiger partial charge on any atom is 0.251 e. The van der Waals surface area contributed by atoms with E-state index in [-0.39, 0.29) is 5.91 Å². The quantitative estimate of drug-likeness (QED) is 0.709. The molecule has 0 unspecified atom stereocenters. The van der Waals surface area contributed by atoms with Gasteiger partial charge >= 0.3 is 0 Å². The largest absolute Gasteiger partial charge is 0.351 e. The highest BCUT2D eigenvalue weighted by Crippen LogP contribution is 2.02. The highest BCUT2D eigenvalue weighted by molar-refractivity contribution is 7.80. The first-order valence-electron chi connectivity index (χ1n) is 3.88. The second-order valence-electron chi connectivity index (χ2n) is 2.49. The number of halogens is 1. The molecule has 0 aliphatic carbocycles. The lowest BCUT2D eigenvalue weighted by Crippen LogP contribution is -2.25. The standard InChI is InChI=1S/C9H10FNOS/c10-8-3-1-2-7(6-8)9(12)11-4-5-13/h1-3,6,13H,4-5H2,(H,11,12). The minimum atomic E-state index is -0.404. The average molecular weight is 199 g/mol. The average Bonchev–Trinajstić information content (AvgIpc) is 2.14. The van der Waals surface area contributed by atoms with Crippen molar-refractivity contribution >= 4 is 18.5 Å². The van der Waals surface area contributed by atoms with E-state index in [1.165, 1.54) is 18.2 Å². The highest BCUT2D eigenvalue weighted by Gasteiger charge is 2.04. The van der Waals surface area contributed by atoms with Gasteiger partial charge in [0.05, 0.1) is 0 Å². The van der Waals surface area contributed by atoms with Crippen molar-refractivity contribution in [2.24, 2.45) is 0 Å². The molecule has 2 nitrogen and oxygen atoms in total. The molecule has 0 atom stereocenters. The van der Waals surface area contributed by atoms with Gasteiger partial charge in [-0.25, -0.2) is 4.39 Å². The van der Waals surface area contributed by atoms with Crippen LogP contribution in [0.25, 0.3) is 0 Å². The summed E-state index contributed by atoms with van der Waals surface area (Å²) in [7, 11) is 0. The number of amides is 1. The van der Waals surface area contributed by atoms with Crippen LogP contribution in [-0.4, -0.2) is 18.2 Å². The Labute approximate surface area is 81.6 Å². The van der Waals surface area contributed by atoms with E-state index in [1.807, 2.05) is 0 Å². The van der Waals surface area contributed by atoms with Crippen LogP contribution in [0.2, 0.25) is 0 Å². The Kier molecular flexibility index (Phi) is 3.76. The Morgan fingerprint density at radius 3 is 2.92 bits per heavy atom. The Morgan fingerprint density at radius 1 is 1.54 bits per heavy atom. The van der Waals surface area contributed by atoms with Crippen LogP contribution in [0.1, 0.15) is 10.4 Å². The van der Waals surface area contributed by atoms with Gasteiger partial charge in [0.25, 0.3) is 5.91 Å². The molecule has 0 aromatic heterocycles. The molecule has 0 aliphatic heterocycles. The minimum Gasteiger partial charge on any atom is -0.351 e. The molecule has 0 heterocycles. The van der Waals surface area contributed by atoms with Gasteiger partial charge in [0.1, 0.15) is 5.82 Å². The number of carbonyl (C=O) groups excluding carboxylic acids is 1. The molecular weight excluding hydrogens is 189 g/mol. The van der Waals surface area contributed by atoms with Crippen molar-refractivity contribution in [2.75, 3.05) is 12.3 Å². The molecule has 70 valence electrons. The molecule has 1 aromatic carbocycles. The van der Waals surface area contributed by atoms with Gasteiger partial charge in [-0.2, -0.15) is 12.6 Å². The van der Waals surface area contributed by atoms with E-state index >= 15 is 0 Å². The zero-order valence-corrected chi connectivity index (χ0v) is 7.85. The molecule has 4 heteroatoms. The molecule has 0 radical (unpaired) electrons. The normalized spacial score (nSPS) is 9.69. The van der Waals surface area contributed by atoms with E-state index in [0.29, 0.717) is 17.9 Å². The van der Waals surface area contributed by atoms with Gasteiger partial charge in [0.15, 0.2) is 0 Å². The fraction of sp³-hybridized carbons (Fsp3) is 0.222. The number of benzene rings is 1. The predicted molar refractivity (Wildman–Crippen MR) is 52.6 cm³/mol. The van der Waals surface area contributed by atoms with Crippen molar-refractivity contribution in [1.82, 2.24) is 5.32 Å². The third-order valence-electron chi connectivity index (χ3n) is 1.48. The lowest BCUT2D eigenvalue weighted by Gasteiger charge is -2.02. The van der Waals surface area contributed by atoms with Crippen LogP contribution in [-0.2, 0) is 0 Å². The van der Waals surface area contributed by atoms with Crippen molar-refractivity contribution in [2.45, 2.75) is 0 Å². The third kappa shape index (κ3) is 3.06. The van der Waals surface area contributed by atoms with Gasteiger partial charge < -0.3 is 5.32 Å². The van der Waals surface area contributed by atoms with Crippen molar-refractivity contribution in [3.63, 3.8) is 0 Å². The van der Waals surface area contributed by atoms with Gasteiger partial charge in [-0.15, -0.1) is 0 Å².